The van der Waals surface area contributed by atoms with Crippen LogP contribution in [0.4, 0.5) is 0 Å². The molecule has 38 heavy (non-hydrogen) atoms. The first-order chi connectivity index (χ1) is 18.1. The molecule has 13 heteroatoms. The normalized spacial score (nSPS) is 30.3. The van der Waals surface area contributed by atoms with Crippen LogP contribution in [-0.2, 0) is 39.7 Å². The van der Waals surface area contributed by atoms with Crippen LogP contribution in [0.1, 0.15) is 18.9 Å². The molecule has 1 aromatic carbocycles. The number of allylic oxidation sites excluding steroid dienone is 1. The lowest BCUT2D eigenvalue weighted by Crippen LogP contribution is -2.60. The van der Waals surface area contributed by atoms with E-state index in [4.69, 9.17) is 23.7 Å². The molecule has 0 aliphatic carbocycles. The summed E-state index contributed by atoms with van der Waals surface area (Å²) in [6.07, 6.45) is -6.39. The predicted molar refractivity (Wildman–Crippen MR) is 126 cm³/mol. The van der Waals surface area contributed by atoms with Crippen LogP contribution in [0.5, 0.6) is 11.5 Å². The third-order valence-electron chi connectivity index (χ3n) is 6.31. The summed E-state index contributed by atoms with van der Waals surface area (Å²) < 4.78 is 26.8. The number of rotatable bonds is 9. The van der Waals surface area contributed by atoms with E-state index in [0.717, 1.165) is 6.26 Å². The number of phenols is 2. The van der Waals surface area contributed by atoms with Gasteiger partial charge in [0.05, 0.1) is 38.6 Å². The zero-order valence-corrected chi connectivity index (χ0v) is 20.8. The molecule has 3 rings (SSSR count). The molecule has 0 aromatic heterocycles. The highest BCUT2D eigenvalue weighted by Gasteiger charge is 2.46. The van der Waals surface area contributed by atoms with E-state index in [2.05, 4.69) is 0 Å². The molecule has 7 unspecified atom stereocenters. The zero-order valence-electron chi connectivity index (χ0n) is 20.8. The summed E-state index contributed by atoms with van der Waals surface area (Å²) >= 11 is 0. The molecule has 210 valence electrons. The van der Waals surface area contributed by atoms with Gasteiger partial charge in [0.15, 0.2) is 17.8 Å². The van der Waals surface area contributed by atoms with Gasteiger partial charge in [-0.05, 0) is 24.6 Å². The standard InChI is InChI=1S/C25H32O13/c1-3-13-14(9-19(29)34-2)15(23(33)35-7-6-12-4-5-16(27)17(28)8-12)11-36-24(13)38-25-22(32)21(31)20(30)18(10-26)37-25/h3-5,8,11,14,18,20-22,24-28,30-32H,6-7,9-10H2,1-2H3. The van der Waals surface area contributed by atoms with Gasteiger partial charge in [-0.3, -0.25) is 4.79 Å². The quantitative estimate of drug-likeness (QED) is 0.131. The van der Waals surface area contributed by atoms with E-state index in [0.29, 0.717) is 11.1 Å². The summed E-state index contributed by atoms with van der Waals surface area (Å²) in [5, 5.41) is 58.8. The molecule has 0 saturated carbocycles. The second-order valence-electron chi connectivity index (χ2n) is 8.71. The molecule has 0 radical (unpaired) electrons. The Hall–Kier alpha value is -3.20. The Morgan fingerprint density at radius 1 is 1.08 bits per heavy atom. The molecule has 1 aromatic rings. The number of ether oxygens (including phenoxy) is 5. The Kier molecular flexibility index (Phi) is 10.1. The predicted octanol–water partition coefficient (Wildman–Crippen LogP) is -0.634. The number of esters is 2. The molecule has 2 aliphatic heterocycles. The van der Waals surface area contributed by atoms with Gasteiger partial charge in [-0.15, -0.1) is 0 Å². The summed E-state index contributed by atoms with van der Waals surface area (Å²) in [7, 11) is 1.19. The average molecular weight is 541 g/mol. The van der Waals surface area contributed by atoms with E-state index in [1.807, 2.05) is 0 Å². The van der Waals surface area contributed by atoms with Crippen LogP contribution in [0.15, 0.2) is 41.7 Å². The van der Waals surface area contributed by atoms with Crippen LogP contribution in [0.3, 0.4) is 0 Å². The first kappa shape index (κ1) is 29.4. The van der Waals surface area contributed by atoms with E-state index >= 15 is 0 Å². The minimum absolute atomic E-state index is 0.00861. The number of hydrogen-bond acceptors (Lipinski definition) is 13. The Labute approximate surface area is 218 Å². The molecule has 6 N–H and O–H groups in total. The van der Waals surface area contributed by atoms with Crippen LogP contribution in [0.25, 0.3) is 0 Å². The largest absolute Gasteiger partial charge is 0.504 e. The van der Waals surface area contributed by atoms with E-state index < -0.39 is 61.5 Å². The van der Waals surface area contributed by atoms with Gasteiger partial charge < -0.3 is 54.3 Å². The van der Waals surface area contributed by atoms with Crippen molar-refractivity contribution in [2.24, 2.45) is 5.92 Å². The van der Waals surface area contributed by atoms with E-state index in [1.54, 1.807) is 19.1 Å². The van der Waals surface area contributed by atoms with Gasteiger partial charge in [-0.25, -0.2) is 4.79 Å². The molecule has 7 atom stereocenters. The zero-order chi connectivity index (χ0) is 28.0. The molecule has 2 aliphatic rings. The summed E-state index contributed by atoms with van der Waals surface area (Å²) in [5.74, 6) is -2.91. The SMILES string of the molecule is CC=C1C(OC2OC(CO)C(O)C(O)C2O)OC=C(C(=O)OCCc2ccc(O)c(O)c2)C1CC(=O)OC. The first-order valence-electron chi connectivity index (χ1n) is 11.8. The molecule has 0 spiro atoms. The van der Waals surface area contributed by atoms with Crippen molar-refractivity contribution in [2.75, 3.05) is 20.3 Å². The number of hydrogen-bond donors (Lipinski definition) is 6. The summed E-state index contributed by atoms with van der Waals surface area (Å²) in [5.41, 5.74) is 0.895. The van der Waals surface area contributed by atoms with Gasteiger partial charge in [-0.1, -0.05) is 12.1 Å². The lowest BCUT2D eigenvalue weighted by Gasteiger charge is -2.41. The summed E-state index contributed by atoms with van der Waals surface area (Å²) in [6, 6.07) is 4.21. The van der Waals surface area contributed by atoms with E-state index in [9.17, 15) is 40.2 Å². The molecule has 0 bridgehead atoms. The van der Waals surface area contributed by atoms with Crippen molar-refractivity contribution in [2.45, 2.75) is 56.8 Å². The second kappa shape index (κ2) is 13.0. The fourth-order valence-corrected chi connectivity index (χ4v) is 4.13. The molecular weight excluding hydrogens is 508 g/mol. The van der Waals surface area contributed by atoms with E-state index in [-0.39, 0.29) is 36.5 Å². The minimum atomic E-state index is -1.69. The fourth-order valence-electron chi connectivity index (χ4n) is 4.13. The number of aliphatic hydroxyl groups is 4. The Morgan fingerprint density at radius 3 is 2.45 bits per heavy atom. The highest BCUT2D eigenvalue weighted by Crippen LogP contribution is 2.36. The Bertz CT molecular complexity index is 1050. The number of phenolic OH excluding ortho intramolecular Hbond substituents is 2. The van der Waals surface area contributed by atoms with Gasteiger partial charge in [-0.2, -0.15) is 0 Å². The van der Waals surface area contributed by atoms with Crippen molar-refractivity contribution in [1.29, 1.82) is 0 Å². The maximum absolute atomic E-state index is 12.9. The monoisotopic (exact) mass is 540 g/mol. The van der Waals surface area contributed by atoms with Crippen molar-refractivity contribution < 1.29 is 63.9 Å². The smallest absolute Gasteiger partial charge is 0.337 e. The van der Waals surface area contributed by atoms with Gasteiger partial charge in [0.2, 0.25) is 6.29 Å². The van der Waals surface area contributed by atoms with Crippen LogP contribution in [0.2, 0.25) is 0 Å². The van der Waals surface area contributed by atoms with Crippen molar-refractivity contribution in [3.63, 3.8) is 0 Å². The van der Waals surface area contributed by atoms with Gasteiger partial charge >= 0.3 is 11.9 Å². The number of aliphatic hydroxyl groups excluding tert-OH is 4. The first-order valence-corrected chi connectivity index (χ1v) is 11.8. The highest BCUT2D eigenvalue weighted by molar-refractivity contribution is 5.90. The molecule has 2 heterocycles. The average Bonchev–Trinajstić information content (AvgIpc) is 2.90. The van der Waals surface area contributed by atoms with Gasteiger partial charge in [0, 0.05) is 17.9 Å². The topological polar surface area (TPSA) is 202 Å². The number of carbonyl (C=O) groups is 2. The fraction of sp³-hybridized carbons (Fsp3) is 0.520. The third-order valence-corrected chi connectivity index (χ3v) is 6.31. The van der Waals surface area contributed by atoms with Crippen LogP contribution < -0.4 is 0 Å². The van der Waals surface area contributed by atoms with Crippen molar-refractivity contribution >= 4 is 11.9 Å². The summed E-state index contributed by atoms with van der Waals surface area (Å²) in [4.78, 5) is 25.1. The van der Waals surface area contributed by atoms with Crippen LogP contribution in [-0.4, -0.2) is 99.9 Å². The van der Waals surface area contributed by atoms with E-state index in [1.165, 1.54) is 19.2 Å². The molecule has 13 nitrogen and oxygen atoms in total. The number of methoxy groups -OCH3 is 1. The van der Waals surface area contributed by atoms with Crippen molar-refractivity contribution in [3.05, 3.63) is 47.2 Å². The highest BCUT2D eigenvalue weighted by atomic mass is 16.8. The lowest BCUT2D eigenvalue weighted by atomic mass is 9.86. The Morgan fingerprint density at radius 2 is 1.82 bits per heavy atom. The van der Waals surface area contributed by atoms with Crippen LogP contribution >= 0.6 is 0 Å². The van der Waals surface area contributed by atoms with Crippen molar-refractivity contribution in [3.8, 4) is 11.5 Å². The third kappa shape index (κ3) is 6.62. The molecular formula is C25H32O13. The van der Waals surface area contributed by atoms with Gasteiger partial charge in [0.1, 0.15) is 24.4 Å². The maximum Gasteiger partial charge on any atom is 0.337 e. The molecule has 1 saturated heterocycles. The summed E-state index contributed by atoms with van der Waals surface area (Å²) in [6.45, 7) is 0.872. The van der Waals surface area contributed by atoms with Crippen LogP contribution in [0, 0.1) is 5.92 Å². The minimum Gasteiger partial charge on any atom is -0.504 e. The lowest BCUT2D eigenvalue weighted by molar-refractivity contribution is -0.327. The number of carbonyl (C=O) groups excluding carboxylic acids is 2. The second-order valence-corrected chi connectivity index (χ2v) is 8.71. The molecule has 0 amide bonds. The van der Waals surface area contributed by atoms with Gasteiger partial charge in [0.25, 0.3) is 0 Å². The molecule has 1 fully saturated rings. The number of benzene rings is 1. The number of aromatic hydroxyl groups is 2. The maximum atomic E-state index is 12.9. The van der Waals surface area contributed by atoms with Crippen molar-refractivity contribution in [1.82, 2.24) is 0 Å². The Balaban J connectivity index is 1.75.